The summed E-state index contributed by atoms with van der Waals surface area (Å²) < 4.78 is 29.6. The van der Waals surface area contributed by atoms with E-state index in [2.05, 4.69) is 5.10 Å². The van der Waals surface area contributed by atoms with E-state index in [0.717, 1.165) is 16.6 Å². The van der Waals surface area contributed by atoms with Gasteiger partial charge in [-0.3, -0.25) is 0 Å². The molecule has 0 saturated carbocycles. The Bertz CT molecular complexity index is 1480. The molecule has 1 unspecified atom stereocenters. The molecule has 0 aliphatic rings. The highest BCUT2D eigenvalue weighted by Gasteiger charge is 2.44. The van der Waals surface area contributed by atoms with Crippen molar-refractivity contribution in [1.29, 1.82) is 0 Å². The Morgan fingerprint density at radius 1 is 0.818 bits per heavy atom. The van der Waals surface area contributed by atoms with Crippen molar-refractivity contribution in [3.05, 3.63) is 108 Å². The number of aliphatic hydroxyl groups is 1. The highest BCUT2D eigenvalue weighted by Crippen LogP contribution is 2.47. The summed E-state index contributed by atoms with van der Waals surface area (Å²) in [5.74, 6) is -0.624. The van der Waals surface area contributed by atoms with E-state index < -0.39 is 11.0 Å². The molecule has 0 aliphatic carbocycles. The summed E-state index contributed by atoms with van der Waals surface area (Å²) in [6.45, 7) is 5.91. The Morgan fingerprint density at radius 2 is 1.52 bits per heavy atom. The van der Waals surface area contributed by atoms with Crippen LogP contribution in [0.2, 0.25) is 0 Å². The number of halogens is 2. The molecule has 1 aromatic heterocycles. The minimum absolute atomic E-state index is 0.306. The van der Waals surface area contributed by atoms with Crippen LogP contribution in [0.3, 0.4) is 0 Å². The van der Waals surface area contributed by atoms with Crippen molar-refractivity contribution in [3.8, 4) is 5.69 Å². The fourth-order valence-corrected chi connectivity index (χ4v) is 4.62. The van der Waals surface area contributed by atoms with Gasteiger partial charge in [0.25, 0.3) is 0 Å². The lowest BCUT2D eigenvalue weighted by molar-refractivity contribution is -0.0245. The van der Waals surface area contributed by atoms with Crippen molar-refractivity contribution in [1.82, 2.24) is 9.78 Å². The predicted octanol–water partition coefficient (Wildman–Crippen LogP) is 6.74. The van der Waals surface area contributed by atoms with Crippen LogP contribution < -0.4 is 0 Å². The predicted molar refractivity (Wildman–Crippen MR) is 127 cm³/mol. The number of hydrogen-bond acceptors (Lipinski definition) is 2. The van der Waals surface area contributed by atoms with Crippen LogP contribution in [0.25, 0.3) is 27.4 Å². The van der Waals surface area contributed by atoms with Gasteiger partial charge >= 0.3 is 0 Å². The van der Waals surface area contributed by atoms with Crippen LogP contribution in [0.1, 0.15) is 31.9 Å². The molecule has 0 aliphatic heterocycles. The number of hydrogen-bond donors (Lipinski definition) is 1. The molecule has 4 aromatic carbocycles. The lowest BCUT2D eigenvalue weighted by atomic mass is 9.67. The Hall–Kier alpha value is -3.57. The molecule has 5 rings (SSSR count). The Balaban J connectivity index is 1.72. The summed E-state index contributed by atoms with van der Waals surface area (Å²) in [6, 6.07) is 22.2. The first kappa shape index (κ1) is 21.3. The van der Waals surface area contributed by atoms with E-state index in [1.165, 1.54) is 18.2 Å². The number of rotatable bonds is 3. The van der Waals surface area contributed by atoms with Crippen LogP contribution in [0.5, 0.6) is 0 Å². The van der Waals surface area contributed by atoms with Gasteiger partial charge in [0.2, 0.25) is 0 Å². The summed E-state index contributed by atoms with van der Waals surface area (Å²) in [5, 5.41) is 18.8. The SMILES string of the molecule is CC(C)(C)C(O)(c1ccc2c(cnn2-c2ccc(F)cc2)c1)c1ccc(F)c2ccccc12. The second kappa shape index (κ2) is 7.49. The maximum atomic E-state index is 14.5. The quantitative estimate of drug-likeness (QED) is 0.336. The molecule has 1 atom stereocenters. The van der Waals surface area contributed by atoms with Crippen molar-refractivity contribution >= 4 is 21.7 Å². The van der Waals surface area contributed by atoms with Gasteiger partial charge in [0.05, 0.1) is 17.4 Å². The molecule has 0 radical (unpaired) electrons. The lowest BCUT2D eigenvalue weighted by Crippen LogP contribution is -2.41. The highest BCUT2D eigenvalue weighted by molar-refractivity contribution is 5.88. The Labute approximate surface area is 190 Å². The maximum absolute atomic E-state index is 14.5. The summed E-state index contributed by atoms with van der Waals surface area (Å²) in [6.07, 6.45) is 1.73. The normalized spacial score (nSPS) is 14.0. The van der Waals surface area contributed by atoms with Crippen molar-refractivity contribution in [2.45, 2.75) is 26.4 Å². The van der Waals surface area contributed by atoms with Crippen molar-refractivity contribution < 1.29 is 13.9 Å². The third kappa shape index (κ3) is 3.31. The molecule has 166 valence electrons. The standard InChI is InChI=1S/C28H24F2N2O/c1-27(2,3)28(33,24-13-14-25(30)23-7-5-4-6-22(23)24)19-8-15-26-18(16-19)17-31-32(26)21-11-9-20(29)10-12-21/h4-17,33H,1-3H3. The van der Waals surface area contributed by atoms with Gasteiger partial charge < -0.3 is 5.11 Å². The number of benzene rings is 4. The monoisotopic (exact) mass is 442 g/mol. The topological polar surface area (TPSA) is 38.1 Å². The van der Waals surface area contributed by atoms with Crippen molar-refractivity contribution in [2.75, 3.05) is 0 Å². The largest absolute Gasteiger partial charge is 0.380 e. The lowest BCUT2D eigenvalue weighted by Gasteiger charge is -2.42. The summed E-state index contributed by atoms with van der Waals surface area (Å²) >= 11 is 0. The first-order valence-electron chi connectivity index (χ1n) is 10.8. The van der Waals surface area contributed by atoms with Crippen LogP contribution in [0.15, 0.2) is 85.1 Å². The zero-order valence-corrected chi connectivity index (χ0v) is 18.7. The second-order valence-corrected chi connectivity index (χ2v) is 9.41. The fraction of sp³-hybridized carbons (Fsp3) is 0.179. The Kier molecular flexibility index (Phi) is 4.83. The third-order valence-corrected chi connectivity index (χ3v) is 6.40. The van der Waals surface area contributed by atoms with Gasteiger partial charge in [-0.15, -0.1) is 0 Å². The Morgan fingerprint density at radius 3 is 2.21 bits per heavy atom. The molecule has 33 heavy (non-hydrogen) atoms. The fourth-order valence-electron chi connectivity index (χ4n) is 4.62. The smallest absolute Gasteiger partial charge is 0.131 e. The minimum Gasteiger partial charge on any atom is -0.380 e. The third-order valence-electron chi connectivity index (χ3n) is 6.40. The molecule has 1 N–H and O–H groups in total. The zero-order valence-electron chi connectivity index (χ0n) is 18.7. The molecule has 5 heteroatoms. The molecule has 0 saturated heterocycles. The minimum atomic E-state index is -1.40. The maximum Gasteiger partial charge on any atom is 0.131 e. The zero-order chi connectivity index (χ0) is 23.4. The molecule has 0 amide bonds. The van der Waals surface area contributed by atoms with E-state index in [9.17, 15) is 13.9 Å². The van der Waals surface area contributed by atoms with Gasteiger partial charge in [-0.25, -0.2) is 13.5 Å². The molecular weight excluding hydrogens is 418 g/mol. The summed E-state index contributed by atoms with van der Waals surface area (Å²) in [7, 11) is 0. The van der Waals surface area contributed by atoms with E-state index in [-0.39, 0.29) is 11.6 Å². The number of fused-ring (bicyclic) bond motifs is 2. The summed E-state index contributed by atoms with van der Waals surface area (Å²) in [5.41, 5.74) is 0.927. The van der Waals surface area contributed by atoms with Crippen LogP contribution in [0.4, 0.5) is 8.78 Å². The van der Waals surface area contributed by atoms with Gasteiger partial charge in [0.15, 0.2) is 0 Å². The van der Waals surface area contributed by atoms with Gasteiger partial charge in [0.1, 0.15) is 17.2 Å². The van der Waals surface area contributed by atoms with Crippen LogP contribution in [-0.4, -0.2) is 14.9 Å². The van der Waals surface area contributed by atoms with Crippen molar-refractivity contribution in [3.63, 3.8) is 0 Å². The van der Waals surface area contributed by atoms with E-state index >= 15 is 0 Å². The molecule has 0 fully saturated rings. The van der Waals surface area contributed by atoms with Gasteiger partial charge in [0, 0.05) is 10.8 Å². The highest BCUT2D eigenvalue weighted by atomic mass is 19.1. The molecule has 5 aromatic rings. The first-order chi connectivity index (χ1) is 15.7. The van der Waals surface area contributed by atoms with Crippen molar-refractivity contribution in [2.24, 2.45) is 5.41 Å². The molecule has 3 nitrogen and oxygen atoms in total. The number of aromatic nitrogens is 2. The van der Waals surface area contributed by atoms with Crippen LogP contribution in [0, 0.1) is 17.0 Å². The van der Waals surface area contributed by atoms with E-state index in [0.29, 0.717) is 21.9 Å². The van der Waals surface area contributed by atoms with Gasteiger partial charge in [-0.2, -0.15) is 5.10 Å². The van der Waals surface area contributed by atoms with E-state index in [1.54, 1.807) is 41.2 Å². The van der Waals surface area contributed by atoms with Crippen LogP contribution >= 0.6 is 0 Å². The molecule has 1 heterocycles. The molecule has 0 bridgehead atoms. The summed E-state index contributed by atoms with van der Waals surface area (Å²) in [4.78, 5) is 0. The molecule has 0 spiro atoms. The van der Waals surface area contributed by atoms with Crippen LogP contribution in [-0.2, 0) is 5.60 Å². The number of nitrogens with zero attached hydrogens (tertiary/aromatic N) is 2. The average Bonchev–Trinajstić information content (AvgIpc) is 3.22. The van der Waals surface area contributed by atoms with E-state index in [1.807, 2.05) is 51.1 Å². The average molecular weight is 443 g/mol. The van der Waals surface area contributed by atoms with E-state index in [4.69, 9.17) is 0 Å². The van der Waals surface area contributed by atoms with Gasteiger partial charge in [-0.05, 0) is 64.4 Å². The first-order valence-corrected chi connectivity index (χ1v) is 10.8. The molecular formula is C28H24F2N2O. The second-order valence-electron chi connectivity index (χ2n) is 9.41. The van der Waals surface area contributed by atoms with Gasteiger partial charge in [-0.1, -0.05) is 57.2 Å².